The average molecular weight is 331 g/mol. The van der Waals surface area contributed by atoms with E-state index in [9.17, 15) is 4.79 Å². The Bertz CT molecular complexity index is 1050. The SMILES string of the molecule is Cc1ccc(-c2nnn(C(C)C(=O)c3c[nH]c4ccccc34)n2)cc1. The Labute approximate surface area is 144 Å². The number of benzene rings is 2. The van der Waals surface area contributed by atoms with E-state index in [1.54, 1.807) is 13.1 Å². The molecule has 2 aromatic heterocycles. The minimum absolute atomic E-state index is 0.0506. The lowest BCUT2D eigenvalue weighted by molar-refractivity contribution is 0.0920. The maximum Gasteiger partial charge on any atom is 0.204 e. The van der Waals surface area contributed by atoms with Crippen molar-refractivity contribution in [1.29, 1.82) is 0 Å². The summed E-state index contributed by atoms with van der Waals surface area (Å²) in [5, 5.41) is 13.4. The van der Waals surface area contributed by atoms with Crippen molar-refractivity contribution in [3.05, 3.63) is 65.9 Å². The first-order valence-electron chi connectivity index (χ1n) is 8.10. The van der Waals surface area contributed by atoms with E-state index in [0.29, 0.717) is 11.4 Å². The number of ketones is 1. The third-order valence-corrected chi connectivity index (χ3v) is 4.32. The molecule has 1 atom stereocenters. The number of H-pyrrole nitrogens is 1. The van der Waals surface area contributed by atoms with Gasteiger partial charge in [0.05, 0.1) is 0 Å². The van der Waals surface area contributed by atoms with Crippen LogP contribution >= 0.6 is 0 Å². The molecule has 124 valence electrons. The summed E-state index contributed by atoms with van der Waals surface area (Å²) in [6, 6.07) is 15.1. The number of para-hydroxylation sites is 1. The lowest BCUT2D eigenvalue weighted by Crippen LogP contribution is -2.19. The highest BCUT2D eigenvalue weighted by Crippen LogP contribution is 2.22. The van der Waals surface area contributed by atoms with Gasteiger partial charge in [-0.25, -0.2) is 0 Å². The van der Waals surface area contributed by atoms with Crippen molar-refractivity contribution in [2.45, 2.75) is 19.9 Å². The Hall–Kier alpha value is -3.28. The molecule has 0 radical (unpaired) electrons. The number of aryl methyl sites for hydroxylation is 1. The molecule has 0 saturated carbocycles. The largest absolute Gasteiger partial charge is 0.360 e. The molecule has 6 nitrogen and oxygen atoms in total. The van der Waals surface area contributed by atoms with Crippen LogP contribution in [-0.2, 0) is 0 Å². The summed E-state index contributed by atoms with van der Waals surface area (Å²) in [5.41, 5.74) is 3.62. The fourth-order valence-electron chi connectivity index (χ4n) is 2.81. The van der Waals surface area contributed by atoms with Crippen molar-refractivity contribution in [1.82, 2.24) is 25.2 Å². The quantitative estimate of drug-likeness (QED) is 0.580. The third-order valence-electron chi connectivity index (χ3n) is 4.32. The van der Waals surface area contributed by atoms with Gasteiger partial charge >= 0.3 is 0 Å². The summed E-state index contributed by atoms with van der Waals surface area (Å²) in [7, 11) is 0. The van der Waals surface area contributed by atoms with E-state index in [-0.39, 0.29) is 5.78 Å². The van der Waals surface area contributed by atoms with E-state index in [1.165, 1.54) is 10.4 Å². The standard InChI is InChI=1S/C19H17N5O/c1-12-7-9-14(10-8-12)19-21-23-24(22-19)13(2)18(25)16-11-20-17-6-4-3-5-15(16)17/h3-11,13,20H,1-2H3. The van der Waals surface area contributed by atoms with Gasteiger partial charge in [-0.1, -0.05) is 48.0 Å². The first kappa shape index (κ1) is 15.3. The van der Waals surface area contributed by atoms with Crippen LogP contribution in [0.3, 0.4) is 0 Å². The summed E-state index contributed by atoms with van der Waals surface area (Å²) in [6.45, 7) is 3.81. The summed E-state index contributed by atoms with van der Waals surface area (Å²) in [4.78, 5) is 17.4. The van der Waals surface area contributed by atoms with Crippen molar-refractivity contribution in [2.24, 2.45) is 0 Å². The monoisotopic (exact) mass is 331 g/mol. The smallest absolute Gasteiger partial charge is 0.204 e. The summed E-state index contributed by atoms with van der Waals surface area (Å²) in [5.74, 6) is 0.462. The van der Waals surface area contributed by atoms with E-state index in [1.807, 2.05) is 55.5 Å². The zero-order valence-electron chi connectivity index (χ0n) is 14.0. The molecule has 4 aromatic rings. The number of carbonyl (C=O) groups excluding carboxylic acids is 1. The van der Waals surface area contributed by atoms with Gasteiger partial charge in [0.25, 0.3) is 0 Å². The summed E-state index contributed by atoms with van der Waals surface area (Å²) < 4.78 is 0. The van der Waals surface area contributed by atoms with Crippen LogP contribution in [0.2, 0.25) is 0 Å². The van der Waals surface area contributed by atoms with E-state index >= 15 is 0 Å². The molecule has 25 heavy (non-hydrogen) atoms. The molecule has 0 amide bonds. The zero-order chi connectivity index (χ0) is 17.4. The van der Waals surface area contributed by atoms with Crippen molar-refractivity contribution < 1.29 is 4.79 Å². The normalized spacial score (nSPS) is 12.4. The second-order valence-corrected chi connectivity index (χ2v) is 6.09. The molecule has 0 bridgehead atoms. The fraction of sp³-hybridized carbons (Fsp3) is 0.158. The predicted molar refractivity (Wildman–Crippen MR) is 95.3 cm³/mol. The number of Topliss-reactive ketones (excluding diaryl/α,β-unsaturated/α-hetero) is 1. The van der Waals surface area contributed by atoms with Crippen LogP contribution in [-0.4, -0.2) is 31.0 Å². The van der Waals surface area contributed by atoms with Crippen LogP contribution < -0.4 is 0 Å². The van der Waals surface area contributed by atoms with E-state index in [2.05, 4.69) is 20.4 Å². The number of tetrazole rings is 1. The molecular formula is C19H17N5O. The van der Waals surface area contributed by atoms with Crippen LogP contribution in [0.5, 0.6) is 0 Å². The highest BCUT2D eigenvalue weighted by Gasteiger charge is 2.22. The molecule has 0 aliphatic carbocycles. The third kappa shape index (κ3) is 2.71. The van der Waals surface area contributed by atoms with Crippen molar-refractivity contribution in [3.63, 3.8) is 0 Å². The Morgan fingerprint density at radius 2 is 1.88 bits per heavy atom. The highest BCUT2D eigenvalue weighted by atomic mass is 16.1. The molecule has 1 unspecified atom stereocenters. The van der Waals surface area contributed by atoms with E-state index < -0.39 is 6.04 Å². The summed E-state index contributed by atoms with van der Waals surface area (Å²) in [6.07, 6.45) is 1.74. The van der Waals surface area contributed by atoms with Gasteiger partial charge in [-0.3, -0.25) is 4.79 Å². The topological polar surface area (TPSA) is 76.5 Å². The molecule has 1 N–H and O–H groups in total. The average Bonchev–Trinajstić information content (AvgIpc) is 3.28. The van der Waals surface area contributed by atoms with Crippen LogP contribution in [0.15, 0.2) is 54.7 Å². The number of hydrogen-bond acceptors (Lipinski definition) is 4. The molecule has 4 rings (SSSR count). The molecule has 2 heterocycles. The van der Waals surface area contributed by atoms with Crippen LogP contribution in [0.4, 0.5) is 0 Å². The number of fused-ring (bicyclic) bond motifs is 1. The Morgan fingerprint density at radius 3 is 2.68 bits per heavy atom. The Morgan fingerprint density at radius 1 is 1.12 bits per heavy atom. The Balaban J connectivity index is 1.63. The number of nitrogens with one attached hydrogen (secondary N) is 1. The molecule has 0 aliphatic rings. The van der Waals surface area contributed by atoms with Gasteiger partial charge in [0, 0.05) is 28.2 Å². The number of aromatic amines is 1. The van der Waals surface area contributed by atoms with Gasteiger partial charge < -0.3 is 4.98 Å². The number of carbonyl (C=O) groups is 1. The van der Waals surface area contributed by atoms with E-state index in [0.717, 1.165) is 16.5 Å². The zero-order valence-corrected chi connectivity index (χ0v) is 14.0. The first-order chi connectivity index (χ1) is 12.1. The lowest BCUT2D eigenvalue weighted by atomic mass is 10.1. The molecule has 6 heteroatoms. The van der Waals surface area contributed by atoms with Gasteiger partial charge in [0.2, 0.25) is 5.82 Å². The molecule has 0 fully saturated rings. The minimum atomic E-state index is -0.536. The lowest BCUT2D eigenvalue weighted by Gasteiger charge is -2.07. The fourth-order valence-corrected chi connectivity index (χ4v) is 2.81. The van der Waals surface area contributed by atoms with Gasteiger partial charge in [-0.15, -0.1) is 10.2 Å². The maximum absolute atomic E-state index is 12.9. The molecule has 0 spiro atoms. The molecule has 2 aromatic carbocycles. The molecule has 0 aliphatic heterocycles. The minimum Gasteiger partial charge on any atom is -0.360 e. The van der Waals surface area contributed by atoms with Gasteiger partial charge in [0.1, 0.15) is 6.04 Å². The molecule has 0 saturated heterocycles. The van der Waals surface area contributed by atoms with Gasteiger partial charge in [0.15, 0.2) is 5.78 Å². The Kier molecular flexibility index (Phi) is 3.65. The maximum atomic E-state index is 12.9. The highest BCUT2D eigenvalue weighted by molar-refractivity contribution is 6.09. The predicted octanol–water partition coefficient (Wildman–Crippen LogP) is 3.57. The number of hydrogen-bond donors (Lipinski definition) is 1. The second kappa shape index (κ2) is 5.98. The number of rotatable bonds is 4. The van der Waals surface area contributed by atoms with Gasteiger partial charge in [-0.05, 0) is 25.1 Å². The van der Waals surface area contributed by atoms with Gasteiger partial charge in [-0.2, -0.15) is 4.80 Å². The van der Waals surface area contributed by atoms with Crippen molar-refractivity contribution in [2.75, 3.05) is 0 Å². The van der Waals surface area contributed by atoms with Crippen molar-refractivity contribution >= 4 is 16.7 Å². The van der Waals surface area contributed by atoms with Crippen LogP contribution in [0.1, 0.15) is 28.9 Å². The molecular weight excluding hydrogens is 314 g/mol. The van der Waals surface area contributed by atoms with Crippen LogP contribution in [0, 0.1) is 6.92 Å². The first-order valence-corrected chi connectivity index (χ1v) is 8.10. The summed E-state index contributed by atoms with van der Waals surface area (Å²) >= 11 is 0. The second-order valence-electron chi connectivity index (χ2n) is 6.09. The van der Waals surface area contributed by atoms with Crippen molar-refractivity contribution in [3.8, 4) is 11.4 Å². The van der Waals surface area contributed by atoms with Crippen LogP contribution in [0.25, 0.3) is 22.3 Å². The van der Waals surface area contributed by atoms with E-state index in [4.69, 9.17) is 0 Å². The number of aromatic nitrogens is 5. The number of nitrogens with zero attached hydrogens (tertiary/aromatic N) is 4.